The Balaban J connectivity index is 2.57. The number of anilines is 1. The summed E-state index contributed by atoms with van der Waals surface area (Å²) >= 11 is 2.58. The molecule has 20 heavy (non-hydrogen) atoms. The van der Waals surface area contributed by atoms with Crippen LogP contribution in [-0.4, -0.2) is 67.5 Å². The fraction of sp³-hybridized carbons (Fsp3) is 0.727. The van der Waals surface area contributed by atoms with Crippen LogP contribution < -0.4 is 4.90 Å². The maximum absolute atomic E-state index is 10.5. The molecule has 9 heteroatoms. The zero-order valence-corrected chi connectivity index (χ0v) is 13.2. The van der Waals surface area contributed by atoms with Gasteiger partial charge in [-0.1, -0.05) is 23.1 Å². The van der Waals surface area contributed by atoms with Crippen LogP contribution in [0.2, 0.25) is 0 Å². The van der Waals surface area contributed by atoms with E-state index in [0.29, 0.717) is 17.6 Å². The van der Waals surface area contributed by atoms with E-state index in [-0.39, 0.29) is 5.75 Å². The summed E-state index contributed by atoms with van der Waals surface area (Å²) < 4.78 is 10.8. The maximum atomic E-state index is 10.5. The van der Waals surface area contributed by atoms with Gasteiger partial charge >= 0.3 is 5.97 Å². The van der Waals surface area contributed by atoms with E-state index in [2.05, 4.69) is 15.1 Å². The lowest BCUT2D eigenvalue weighted by molar-refractivity contribution is -0.133. The fourth-order valence-corrected chi connectivity index (χ4v) is 3.03. The molecule has 0 bridgehead atoms. The van der Waals surface area contributed by atoms with Gasteiger partial charge < -0.3 is 19.5 Å². The third-order valence-electron chi connectivity index (χ3n) is 2.33. The summed E-state index contributed by atoms with van der Waals surface area (Å²) in [4.78, 5) is 12.6. The molecule has 0 aliphatic heterocycles. The van der Waals surface area contributed by atoms with Crippen molar-refractivity contribution in [1.82, 2.24) is 10.2 Å². The smallest absolute Gasteiger partial charge is 0.313 e. The topological polar surface area (TPSA) is 84.8 Å². The van der Waals surface area contributed by atoms with Crippen LogP contribution in [0.4, 0.5) is 5.13 Å². The monoisotopic (exact) mass is 321 g/mol. The number of aliphatic carboxylic acids is 1. The molecule has 0 fully saturated rings. The van der Waals surface area contributed by atoms with Gasteiger partial charge in [0.15, 0.2) is 4.34 Å². The highest BCUT2D eigenvalue weighted by Crippen LogP contribution is 2.27. The van der Waals surface area contributed by atoms with Crippen molar-refractivity contribution < 1.29 is 19.4 Å². The van der Waals surface area contributed by atoms with E-state index < -0.39 is 5.97 Å². The van der Waals surface area contributed by atoms with E-state index in [1.165, 1.54) is 23.1 Å². The van der Waals surface area contributed by atoms with Crippen molar-refractivity contribution in [3.05, 3.63) is 0 Å². The Morgan fingerprint density at radius 3 is 2.70 bits per heavy atom. The number of methoxy groups -OCH3 is 2. The van der Waals surface area contributed by atoms with E-state index >= 15 is 0 Å². The van der Waals surface area contributed by atoms with E-state index in [1.807, 2.05) is 0 Å². The third-order valence-corrected chi connectivity index (χ3v) is 4.43. The summed E-state index contributed by atoms with van der Waals surface area (Å²) in [5.74, 6) is -0.862. The summed E-state index contributed by atoms with van der Waals surface area (Å²) in [5, 5.41) is 17.5. The van der Waals surface area contributed by atoms with Crippen LogP contribution in [0.25, 0.3) is 0 Å². The summed E-state index contributed by atoms with van der Waals surface area (Å²) in [5.41, 5.74) is 0. The first-order chi connectivity index (χ1) is 9.67. The first kappa shape index (κ1) is 17.2. The predicted molar refractivity (Wildman–Crippen MR) is 78.9 cm³/mol. The minimum atomic E-state index is -0.858. The number of rotatable bonds is 11. The van der Waals surface area contributed by atoms with Gasteiger partial charge in [0.05, 0.1) is 12.4 Å². The summed E-state index contributed by atoms with van der Waals surface area (Å²) in [6.45, 7) is 2.81. The number of thioether (sulfide) groups is 1. The number of carboxylic acid groups (broad SMARTS) is 1. The molecule has 114 valence electrons. The van der Waals surface area contributed by atoms with E-state index in [4.69, 9.17) is 14.6 Å². The molecule has 7 nitrogen and oxygen atoms in total. The molecule has 1 aromatic rings. The van der Waals surface area contributed by atoms with Crippen molar-refractivity contribution in [3.63, 3.8) is 0 Å². The number of hydrogen-bond acceptors (Lipinski definition) is 8. The number of ether oxygens (including phenoxy) is 2. The quantitative estimate of drug-likeness (QED) is 0.481. The number of hydrogen-bond donors (Lipinski definition) is 1. The Bertz CT molecular complexity index is 403. The molecule has 1 aromatic heterocycles. The number of aromatic nitrogens is 2. The number of carboxylic acids is 1. The summed E-state index contributed by atoms with van der Waals surface area (Å²) in [6, 6.07) is 0. The van der Waals surface area contributed by atoms with Gasteiger partial charge in [-0.15, -0.1) is 10.2 Å². The molecule has 0 unspecified atom stereocenters. The standard InChI is InChI=1S/C11H19N3O4S2/c1-17-6-3-4-14(5-7-18-2)10-12-13-11(20-10)19-8-9(15)16/h3-8H2,1-2H3,(H,15,16). The third kappa shape index (κ3) is 6.51. The Kier molecular flexibility index (Phi) is 8.51. The van der Waals surface area contributed by atoms with Crippen molar-refractivity contribution in [1.29, 1.82) is 0 Å². The molecule has 0 amide bonds. The lowest BCUT2D eigenvalue weighted by Gasteiger charge is -2.20. The van der Waals surface area contributed by atoms with Gasteiger partial charge in [0, 0.05) is 33.9 Å². The van der Waals surface area contributed by atoms with Gasteiger partial charge in [0.2, 0.25) is 5.13 Å². The van der Waals surface area contributed by atoms with Crippen LogP contribution in [0.15, 0.2) is 4.34 Å². The molecule has 0 aliphatic carbocycles. The average Bonchev–Trinajstić information content (AvgIpc) is 2.89. The highest BCUT2D eigenvalue weighted by Gasteiger charge is 2.13. The fourth-order valence-electron chi connectivity index (χ4n) is 1.42. The van der Waals surface area contributed by atoms with Crippen molar-refractivity contribution in [2.24, 2.45) is 0 Å². The van der Waals surface area contributed by atoms with Crippen molar-refractivity contribution in [3.8, 4) is 0 Å². The first-order valence-corrected chi connectivity index (χ1v) is 7.88. The van der Waals surface area contributed by atoms with Gasteiger partial charge in [-0.3, -0.25) is 4.79 Å². The minimum absolute atomic E-state index is 0.00359. The Morgan fingerprint density at radius 1 is 1.30 bits per heavy atom. The van der Waals surface area contributed by atoms with Crippen molar-refractivity contribution >= 4 is 34.2 Å². The van der Waals surface area contributed by atoms with Crippen molar-refractivity contribution in [2.75, 3.05) is 51.2 Å². The largest absolute Gasteiger partial charge is 0.481 e. The van der Waals surface area contributed by atoms with E-state index in [1.54, 1.807) is 14.2 Å². The molecule has 0 saturated carbocycles. The normalized spacial score (nSPS) is 10.7. The Hall–Kier alpha value is -0.900. The lowest BCUT2D eigenvalue weighted by Crippen LogP contribution is -2.28. The molecule has 0 aliphatic rings. The molecular formula is C11H19N3O4S2. The average molecular weight is 321 g/mol. The Morgan fingerprint density at radius 2 is 2.05 bits per heavy atom. The summed E-state index contributed by atoms with van der Waals surface area (Å²) in [7, 11) is 3.33. The van der Waals surface area contributed by atoms with Crippen LogP contribution in [0, 0.1) is 0 Å². The number of carbonyl (C=O) groups is 1. The Labute approximate surface area is 126 Å². The second-order valence-corrected chi connectivity index (χ2v) is 6.04. The van der Waals surface area contributed by atoms with Crippen LogP contribution in [-0.2, 0) is 14.3 Å². The molecule has 0 spiro atoms. The molecular weight excluding hydrogens is 302 g/mol. The van der Waals surface area contributed by atoms with Crippen molar-refractivity contribution in [2.45, 2.75) is 10.8 Å². The van der Waals surface area contributed by atoms with E-state index in [0.717, 1.165) is 24.6 Å². The second kappa shape index (κ2) is 9.92. The molecule has 0 radical (unpaired) electrons. The zero-order chi connectivity index (χ0) is 14.8. The molecule has 1 rings (SSSR count). The highest BCUT2D eigenvalue weighted by atomic mass is 32.2. The van der Waals surface area contributed by atoms with Crippen LogP contribution in [0.3, 0.4) is 0 Å². The number of nitrogens with zero attached hydrogens (tertiary/aromatic N) is 3. The second-order valence-electron chi connectivity index (χ2n) is 3.86. The van der Waals surface area contributed by atoms with Crippen LogP contribution in [0.1, 0.15) is 6.42 Å². The summed E-state index contributed by atoms with van der Waals surface area (Å²) in [6.07, 6.45) is 0.886. The van der Waals surface area contributed by atoms with Crippen LogP contribution in [0.5, 0.6) is 0 Å². The first-order valence-electron chi connectivity index (χ1n) is 6.08. The van der Waals surface area contributed by atoms with Crippen LogP contribution >= 0.6 is 23.1 Å². The van der Waals surface area contributed by atoms with Gasteiger partial charge in [0.1, 0.15) is 0 Å². The highest BCUT2D eigenvalue weighted by molar-refractivity contribution is 8.01. The predicted octanol–water partition coefficient (Wildman–Crippen LogP) is 1.20. The van der Waals surface area contributed by atoms with Gasteiger partial charge in [-0.05, 0) is 6.42 Å². The lowest BCUT2D eigenvalue weighted by atomic mass is 10.4. The maximum Gasteiger partial charge on any atom is 0.313 e. The molecule has 0 aromatic carbocycles. The zero-order valence-electron chi connectivity index (χ0n) is 11.6. The molecule has 1 heterocycles. The molecule has 0 saturated heterocycles. The minimum Gasteiger partial charge on any atom is -0.481 e. The molecule has 1 N–H and O–H groups in total. The van der Waals surface area contributed by atoms with Gasteiger partial charge in [-0.25, -0.2) is 0 Å². The van der Waals surface area contributed by atoms with Gasteiger partial charge in [0.25, 0.3) is 0 Å². The molecule has 0 atom stereocenters. The van der Waals surface area contributed by atoms with E-state index in [9.17, 15) is 4.79 Å². The van der Waals surface area contributed by atoms with Gasteiger partial charge in [-0.2, -0.15) is 0 Å². The SMILES string of the molecule is COCCCN(CCOC)c1nnc(SCC(=O)O)s1.